The van der Waals surface area contributed by atoms with Crippen LogP contribution in [0.3, 0.4) is 0 Å². The summed E-state index contributed by atoms with van der Waals surface area (Å²) in [5.74, 6) is 0.681. The monoisotopic (exact) mass is 299 g/mol. The van der Waals surface area contributed by atoms with Crippen LogP contribution in [0.15, 0.2) is 24.3 Å². The first-order chi connectivity index (χ1) is 9.61. The molecule has 0 radical (unpaired) electrons. The molecule has 20 heavy (non-hydrogen) atoms. The highest BCUT2D eigenvalue weighted by Gasteiger charge is 2.04. The first-order valence-corrected chi connectivity index (χ1v) is 7.22. The average Bonchev–Trinajstić information content (AvgIpc) is 2.43. The van der Waals surface area contributed by atoms with Gasteiger partial charge in [0.25, 0.3) is 0 Å². The van der Waals surface area contributed by atoms with Crippen molar-refractivity contribution >= 4 is 17.6 Å². The summed E-state index contributed by atoms with van der Waals surface area (Å²) in [6, 6.07) is 7.32. The lowest BCUT2D eigenvalue weighted by Gasteiger charge is -2.16. The molecule has 0 aliphatic rings. The standard InChI is InChI=1S/C15H22ClNO3/c1-3-19-15(18)9-11-17(2)10-4-12-20-14-7-5-13(16)6-8-14/h5-8H,3-4,9-12H2,1-2H3. The fraction of sp³-hybridized carbons (Fsp3) is 0.533. The van der Waals surface area contributed by atoms with E-state index in [4.69, 9.17) is 21.1 Å². The zero-order valence-electron chi connectivity index (χ0n) is 12.1. The van der Waals surface area contributed by atoms with E-state index in [-0.39, 0.29) is 5.97 Å². The molecule has 0 unspecified atom stereocenters. The number of carbonyl (C=O) groups is 1. The third-order valence-electron chi connectivity index (χ3n) is 2.77. The molecule has 1 aromatic rings. The summed E-state index contributed by atoms with van der Waals surface area (Å²) in [4.78, 5) is 13.3. The number of benzene rings is 1. The molecule has 0 aromatic heterocycles. The Balaban J connectivity index is 2.08. The summed E-state index contributed by atoms with van der Waals surface area (Å²) in [5.41, 5.74) is 0. The van der Waals surface area contributed by atoms with Crippen LogP contribution in [0.2, 0.25) is 5.02 Å². The molecule has 0 heterocycles. The van der Waals surface area contributed by atoms with Crippen molar-refractivity contribution in [2.75, 3.05) is 33.4 Å². The van der Waals surface area contributed by atoms with E-state index in [1.165, 1.54) is 0 Å². The van der Waals surface area contributed by atoms with Crippen LogP contribution in [0, 0.1) is 0 Å². The van der Waals surface area contributed by atoms with E-state index in [0.717, 1.165) is 18.7 Å². The van der Waals surface area contributed by atoms with Gasteiger partial charge in [-0.25, -0.2) is 0 Å². The Hall–Kier alpha value is -1.26. The minimum absolute atomic E-state index is 0.142. The van der Waals surface area contributed by atoms with Crippen LogP contribution in [-0.4, -0.2) is 44.2 Å². The van der Waals surface area contributed by atoms with Crippen LogP contribution in [0.4, 0.5) is 0 Å². The maximum absolute atomic E-state index is 11.2. The van der Waals surface area contributed by atoms with Gasteiger partial charge in [-0.3, -0.25) is 4.79 Å². The van der Waals surface area contributed by atoms with E-state index >= 15 is 0 Å². The largest absolute Gasteiger partial charge is 0.494 e. The lowest BCUT2D eigenvalue weighted by Crippen LogP contribution is -2.24. The molecular weight excluding hydrogens is 278 g/mol. The Morgan fingerprint density at radius 1 is 1.25 bits per heavy atom. The predicted octanol–water partition coefficient (Wildman–Crippen LogP) is 2.99. The predicted molar refractivity (Wildman–Crippen MR) is 80.3 cm³/mol. The Morgan fingerprint density at radius 3 is 2.60 bits per heavy atom. The van der Waals surface area contributed by atoms with Crippen molar-refractivity contribution in [2.24, 2.45) is 0 Å². The van der Waals surface area contributed by atoms with E-state index in [0.29, 0.717) is 31.2 Å². The van der Waals surface area contributed by atoms with Crippen molar-refractivity contribution in [3.63, 3.8) is 0 Å². The average molecular weight is 300 g/mol. The minimum atomic E-state index is -0.142. The maximum Gasteiger partial charge on any atom is 0.307 e. The molecule has 0 amide bonds. The van der Waals surface area contributed by atoms with E-state index in [1.807, 2.05) is 38.2 Å². The van der Waals surface area contributed by atoms with Gasteiger partial charge in [0, 0.05) is 18.1 Å². The number of hydrogen-bond acceptors (Lipinski definition) is 4. The molecule has 0 saturated heterocycles. The van der Waals surface area contributed by atoms with Crippen LogP contribution in [-0.2, 0) is 9.53 Å². The van der Waals surface area contributed by atoms with Gasteiger partial charge in [0.2, 0.25) is 0 Å². The summed E-state index contributed by atoms with van der Waals surface area (Å²) in [6.45, 7) is 4.49. The molecule has 1 rings (SSSR count). The highest BCUT2D eigenvalue weighted by atomic mass is 35.5. The lowest BCUT2D eigenvalue weighted by atomic mass is 10.3. The Kier molecular flexibility index (Phi) is 8.07. The molecule has 0 atom stereocenters. The van der Waals surface area contributed by atoms with Gasteiger partial charge in [0.15, 0.2) is 0 Å². The Morgan fingerprint density at radius 2 is 1.95 bits per heavy atom. The smallest absolute Gasteiger partial charge is 0.307 e. The zero-order chi connectivity index (χ0) is 14.8. The molecular formula is C15H22ClNO3. The van der Waals surface area contributed by atoms with Crippen molar-refractivity contribution in [3.8, 4) is 5.75 Å². The normalized spacial score (nSPS) is 10.6. The molecule has 4 nitrogen and oxygen atoms in total. The second-order valence-electron chi connectivity index (χ2n) is 4.51. The molecule has 0 bridgehead atoms. The number of halogens is 1. The molecule has 0 spiro atoms. The summed E-state index contributed by atoms with van der Waals surface area (Å²) in [7, 11) is 1.99. The van der Waals surface area contributed by atoms with Gasteiger partial charge in [-0.15, -0.1) is 0 Å². The molecule has 5 heteroatoms. The van der Waals surface area contributed by atoms with E-state index in [2.05, 4.69) is 4.90 Å². The maximum atomic E-state index is 11.2. The van der Waals surface area contributed by atoms with E-state index < -0.39 is 0 Å². The topological polar surface area (TPSA) is 38.8 Å². The quantitative estimate of drug-likeness (QED) is 0.519. The molecule has 0 fully saturated rings. The summed E-state index contributed by atoms with van der Waals surface area (Å²) in [5, 5.41) is 0.705. The molecule has 0 aliphatic carbocycles. The third-order valence-corrected chi connectivity index (χ3v) is 3.02. The number of rotatable bonds is 9. The molecule has 0 aliphatic heterocycles. The second-order valence-corrected chi connectivity index (χ2v) is 4.95. The number of nitrogens with zero attached hydrogens (tertiary/aromatic N) is 1. The van der Waals surface area contributed by atoms with Crippen molar-refractivity contribution < 1.29 is 14.3 Å². The third kappa shape index (κ3) is 7.36. The SMILES string of the molecule is CCOC(=O)CCN(C)CCCOc1ccc(Cl)cc1. The van der Waals surface area contributed by atoms with Gasteiger partial charge < -0.3 is 14.4 Å². The highest BCUT2D eigenvalue weighted by Crippen LogP contribution is 2.15. The fourth-order valence-corrected chi connectivity index (χ4v) is 1.81. The highest BCUT2D eigenvalue weighted by molar-refractivity contribution is 6.30. The summed E-state index contributed by atoms with van der Waals surface area (Å²) < 4.78 is 10.5. The lowest BCUT2D eigenvalue weighted by molar-refractivity contribution is -0.143. The van der Waals surface area contributed by atoms with Gasteiger partial charge in [-0.2, -0.15) is 0 Å². The first kappa shape index (κ1) is 16.8. The molecule has 0 N–H and O–H groups in total. The van der Waals surface area contributed by atoms with Crippen LogP contribution >= 0.6 is 11.6 Å². The van der Waals surface area contributed by atoms with Gasteiger partial charge in [-0.1, -0.05) is 11.6 Å². The number of esters is 1. The Labute approximate surface area is 125 Å². The van der Waals surface area contributed by atoms with Crippen molar-refractivity contribution in [2.45, 2.75) is 19.8 Å². The van der Waals surface area contributed by atoms with Crippen LogP contribution in [0.5, 0.6) is 5.75 Å². The van der Waals surface area contributed by atoms with Crippen molar-refractivity contribution in [3.05, 3.63) is 29.3 Å². The first-order valence-electron chi connectivity index (χ1n) is 6.84. The van der Waals surface area contributed by atoms with Crippen molar-refractivity contribution in [1.29, 1.82) is 0 Å². The van der Waals surface area contributed by atoms with Gasteiger partial charge in [0.05, 0.1) is 19.6 Å². The Bertz CT molecular complexity index is 395. The zero-order valence-corrected chi connectivity index (χ0v) is 12.9. The van der Waals surface area contributed by atoms with Crippen LogP contribution in [0.25, 0.3) is 0 Å². The van der Waals surface area contributed by atoms with Crippen LogP contribution in [0.1, 0.15) is 19.8 Å². The minimum Gasteiger partial charge on any atom is -0.494 e. The second kappa shape index (κ2) is 9.61. The molecule has 112 valence electrons. The van der Waals surface area contributed by atoms with Crippen LogP contribution < -0.4 is 4.74 Å². The van der Waals surface area contributed by atoms with Gasteiger partial charge >= 0.3 is 5.97 Å². The van der Waals surface area contributed by atoms with Gasteiger partial charge in [-0.05, 0) is 44.7 Å². The van der Waals surface area contributed by atoms with E-state index in [9.17, 15) is 4.79 Å². The number of carbonyl (C=O) groups excluding carboxylic acids is 1. The number of hydrogen-bond donors (Lipinski definition) is 0. The summed E-state index contributed by atoms with van der Waals surface area (Å²) in [6.07, 6.45) is 1.34. The molecule has 0 saturated carbocycles. The fourth-order valence-electron chi connectivity index (χ4n) is 1.68. The van der Waals surface area contributed by atoms with E-state index in [1.54, 1.807) is 0 Å². The molecule has 1 aromatic carbocycles. The summed E-state index contributed by atoms with van der Waals surface area (Å²) >= 11 is 5.80. The van der Waals surface area contributed by atoms with Crippen molar-refractivity contribution in [1.82, 2.24) is 4.90 Å². The number of ether oxygens (including phenoxy) is 2. The van der Waals surface area contributed by atoms with Gasteiger partial charge in [0.1, 0.15) is 5.75 Å².